The fraction of sp³-hybridized carbons (Fsp3) is 0.806. The van der Waals surface area contributed by atoms with Crippen LogP contribution in [0.5, 0.6) is 0 Å². The Bertz CT molecular complexity index is 603. The van der Waals surface area contributed by atoms with Gasteiger partial charge in [0.2, 0.25) is 0 Å². The minimum absolute atomic E-state index is 0.0780. The standard InChI is InChI=1S/C31H54O4/c1-2-3-4-5-6-7-8-9-10-11-12-13-14-18-21-27(23-28-25-35-28)29(31(34)30(33)24-32)22-26-19-16-15-17-20-26/h15-17,19-20,27-34H,2-14,18,21-25H2,1H3. The lowest BCUT2D eigenvalue weighted by Crippen LogP contribution is -2.41. The number of aliphatic hydroxyl groups is 3. The van der Waals surface area contributed by atoms with Gasteiger partial charge in [0, 0.05) is 0 Å². The molecule has 0 radical (unpaired) electrons. The van der Waals surface area contributed by atoms with Crippen molar-refractivity contribution in [2.45, 2.75) is 134 Å². The highest BCUT2D eigenvalue weighted by Crippen LogP contribution is 2.34. The van der Waals surface area contributed by atoms with Crippen molar-refractivity contribution >= 4 is 0 Å². The van der Waals surface area contributed by atoms with Crippen LogP contribution in [-0.4, -0.2) is 46.8 Å². The summed E-state index contributed by atoms with van der Waals surface area (Å²) in [5.41, 5.74) is 1.17. The minimum Gasteiger partial charge on any atom is -0.394 e. The Morgan fingerprint density at radius 2 is 1.31 bits per heavy atom. The van der Waals surface area contributed by atoms with E-state index >= 15 is 0 Å². The molecule has 0 amide bonds. The quantitative estimate of drug-likeness (QED) is 0.116. The summed E-state index contributed by atoms with van der Waals surface area (Å²) in [5, 5.41) is 30.6. The van der Waals surface area contributed by atoms with Crippen molar-refractivity contribution < 1.29 is 20.1 Å². The van der Waals surface area contributed by atoms with E-state index in [2.05, 4.69) is 19.1 Å². The molecule has 1 aliphatic heterocycles. The van der Waals surface area contributed by atoms with Gasteiger partial charge in [-0.15, -0.1) is 0 Å². The van der Waals surface area contributed by atoms with E-state index < -0.39 is 18.8 Å². The zero-order chi connectivity index (χ0) is 25.1. The van der Waals surface area contributed by atoms with Crippen LogP contribution >= 0.6 is 0 Å². The molecule has 1 saturated heterocycles. The molecular weight excluding hydrogens is 436 g/mol. The van der Waals surface area contributed by atoms with Gasteiger partial charge in [-0.05, 0) is 36.7 Å². The number of benzene rings is 1. The van der Waals surface area contributed by atoms with Gasteiger partial charge < -0.3 is 20.1 Å². The van der Waals surface area contributed by atoms with Gasteiger partial charge in [0.25, 0.3) is 0 Å². The van der Waals surface area contributed by atoms with E-state index in [-0.39, 0.29) is 11.8 Å². The normalized spacial score (nSPS) is 18.8. The molecule has 0 aromatic heterocycles. The van der Waals surface area contributed by atoms with Crippen molar-refractivity contribution in [2.24, 2.45) is 11.8 Å². The lowest BCUT2D eigenvalue weighted by atomic mass is 9.76. The van der Waals surface area contributed by atoms with E-state index in [4.69, 9.17) is 4.74 Å². The summed E-state index contributed by atoms with van der Waals surface area (Å²) in [6, 6.07) is 10.2. The van der Waals surface area contributed by atoms with Crippen molar-refractivity contribution in [3.8, 4) is 0 Å². The van der Waals surface area contributed by atoms with Crippen molar-refractivity contribution in [2.75, 3.05) is 13.2 Å². The molecule has 3 N–H and O–H groups in total. The third-order valence-electron chi connectivity index (χ3n) is 7.84. The van der Waals surface area contributed by atoms with Crippen molar-refractivity contribution in [3.05, 3.63) is 35.9 Å². The van der Waals surface area contributed by atoms with Crippen molar-refractivity contribution in [1.29, 1.82) is 0 Å². The molecule has 1 aromatic rings. The Hall–Kier alpha value is -0.940. The zero-order valence-electron chi connectivity index (χ0n) is 22.5. The van der Waals surface area contributed by atoms with Crippen LogP contribution in [0.4, 0.5) is 0 Å². The Morgan fingerprint density at radius 3 is 1.80 bits per heavy atom. The van der Waals surface area contributed by atoms with Crippen LogP contribution in [-0.2, 0) is 11.2 Å². The number of rotatable bonds is 23. The van der Waals surface area contributed by atoms with E-state index in [0.717, 1.165) is 32.3 Å². The molecule has 4 heteroatoms. The lowest BCUT2D eigenvalue weighted by Gasteiger charge is -2.33. The van der Waals surface area contributed by atoms with Crippen LogP contribution in [0.2, 0.25) is 0 Å². The van der Waals surface area contributed by atoms with E-state index in [0.29, 0.717) is 6.10 Å². The molecule has 1 heterocycles. The molecule has 35 heavy (non-hydrogen) atoms. The van der Waals surface area contributed by atoms with Gasteiger partial charge in [0.05, 0.1) is 25.4 Å². The molecule has 202 valence electrons. The van der Waals surface area contributed by atoms with Crippen LogP contribution < -0.4 is 0 Å². The van der Waals surface area contributed by atoms with Crippen molar-refractivity contribution in [3.63, 3.8) is 0 Å². The topological polar surface area (TPSA) is 73.2 Å². The van der Waals surface area contributed by atoms with Crippen LogP contribution in [0.3, 0.4) is 0 Å². The summed E-state index contributed by atoms with van der Waals surface area (Å²) in [7, 11) is 0. The summed E-state index contributed by atoms with van der Waals surface area (Å²) < 4.78 is 5.54. The smallest absolute Gasteiger partial charge is 0.103 e. The fourth-order valence-electron chi connectivity index (χ4n) is 5.50. The number of hydrogen-bond acceptors (Lipinski definition) is 4. The molecule has 1 aliphatic rings. The maximum Gasteiger partial charge on any atom is 0.103 e. The van der Waals surface area contributed by atoms with Crippen LogP contribution in [0.1, 0.15) is 115 Å². The predicted molar refractivity (Wildman–Crippen MR) is 146 cm³/mol. The lowest BCUT2D eigenvalue weighted by molar-refractivity contribution is -0.0591. The first-order valence-corrected chi connectivity index (χ1v) is 14.8. The highest BCUT2D eigenvalue weighted by molar-refractivity contribution is 5.16. The average Bonchev–Trinajstić information content (AvgIpc) is 3.70. The summed E-state index contributed by atoms with van der Waals surface area (Å²) in [4.78, 5) is 0. The predicted octanol–water partition coefficient (Wildman–Crippen LogP) is 6.84. The van der Waals surface area contributed by atoms with Crippen LogP contribution in [0, 0.1) is 11.8 Å². The van der Waals surface area contributed by atoms with Gasteiger partial charge in [-0.25, -0.2) is 0 Å². The number of ether oxygens (including phenoxy) is 1. The molecule has 4 nitrogen and oxygen atoms in total. The zero-order valence-corrected chi connectivity index (χ0v) is 22.5. The van der Waals surface area contributed by atoms with E-state index in [1.54, 1.807) is 0 Å². The molecule has 0 spiro atoms. The summed E-state index contributed by atoms with van der Waals surface area (Å²) >= 11 is 0. The summed E-state index contributed by atoms with van der Waals surface area (Å²) in [6.07, 6.45) is 19.9. The Morgan fingerprint density at radius 1 is 0.800 bits per heavy atom. The molecule has 1 aromatic carbocycles. The first-order valence-electron chi connectivity index (χ1n) is 14.8. The van der Waals surface area contributed by atoms with Gasteiger partial charge in [-0.3, -0.25) is 0 Å². The van der Waals surface area contributed by atoms with Crippen LogP contribution in [0.25, 0.3) is 0 Å². The molecule has 5 unspecified atom stereocenters. The van der Waals surface area contributed by atoms with E-state index in [1.807, 2.05) is 18.2 Å². The van der Waals surface area contributed by atoms with Crippen molar-refractivity contribution in [1.82, 2.24) is 0 Å². The minimum atomic E-state index is -1.09. The Kier molecular flexibility index (Phi) is 16.6. The second-order valence-corrected chi connectivity index (χ2v) is 10.9. The summed E-state index contributed by atoms with van der Waals surface area (Å²) in [6.45, 7) is 2.68. The van der Waals surface area contributed by atoms with Crippen LogP contribution in [0.15, 0.2) is 30.3 Å². The van der Waals surface area contributed by atoms with E-state index in [1.165, 1.54) is 89.0 Å². The number of epoxide rings is 1. The average molecular weight is 491 g/mol. The van der Waals surface area contributed by atoms with Gasteiger partial charge in [-0.1, -0.05) is 127 Å². The van der Waals surface area contributed by atoms with Gasteiger partial charge in [0.15, 0.2) is 0 Å². The second-order valence-electron chi connectivity index (χ2n) is 10.9. The second kappa shape index (κ2) is 19.2. The maximum atomic E-state index is 10.9. The SMILES string of the molecule is CCCCCCCCCCCCCCCCC(CC1CO1)C(Cc1ccccc1)C(O)C(O)CO. The third-order valence-corrected chi connectivity index (χ3v) is 7.84. The first-order chi connectivity index (χ1) is 17.2. The van der Waals surface area contributed by atoms with Gasteiger partial charge in [-0.2, -0.15) is 0 Å². The summed E-state index contributed by atoms with van der Waals surface area (Å²) in [5.74, 6) is 0.210. The largest absolute Gasteiger partial charge is 0.394 e. The number of unbranched alkanes of at least 4 members (excludes halogenated alkanes) is 13. The molecule has 5 atom stereocenters. The molecule has 0 bridgehead atoms. The molecule has 0 saturated carbocycles. The van der Waals surface area contributed by atoms with Gasteiger partial charge in [0.1, 0.15) is 6.10 Å². The highest BCUT2D eigenvalue weighted by Gasteiger charge is 2.36. The van der Waals surface area contributed by atoms with Gasteiger partial charge >= 0.3 is 0 Å². The third kappa shape index (κ3) is 13.8. The highest BCUT2D eigenvalue weighted by atomic mass is 16.6. The Balaban J connectivity index is 1.67. The molecular formula is C31H54O4. The molecule has 2 rings (SSSR count). The van der Waals surface area contributed by atoms with E-state index in [9.17, 15) is 15.3 Å². The maximum absolute atomic E-state index is 10.9. The molecule has 1 fully saturated rings. The first kappa shape index (κ1) is 30.3. The molecule has 0 aliphatic carbocycles. The number of aliphatic hydroxyl groups excluding tert-OH is 3. The monoisotopic (exact) mass is 490 g/mol. The Labute approximate surface area is 215 Å². The fourth-order valence-corrected chi connectivity index (χ4v) is 5.50. The number of hydrogen-bond donors (Lipinski definition) is 3.